The molecule has 1 aromatic carbocycles. The molecule has 0 N–H and O–H groups in total. The highest BCUT2D eigenvalue weighted by Crippen LogP contribution is 2.16. The monoisotopic (exact) mass is 292 g/mol. The zero-order valence-corrected chi connectivity index (χ0v) is 12.0. The van der Waals surface area contributed by atoms with Crippen molar-refractivity contribution in [2.45, 2.75) is 31.5 Å². The van der Waals surface area contributed by atoms with Gasteiger partial charge in [-0.1, -0.05) is 12.1 Å². The molecular formula is C12H17ClO4S. The molecule has 0 saturated heterocycles. The van der Waals surface area contributed by atoms with Crippen molar-refractivity contribution >= 4 is 19.7 Å². The Morgan fingerprint density at radius 2 is 2.00 bits per heavy atom. The SMILES string of the molecule is CC(C)OCCOCc1cccc(S(=O)(=O)Cl)c1. The molecule has 0 aromatic heterocycles. The average Bonchev–Trinajstić information content (AvgIpc) is 2.27. The Bertz CT molecular complexity index is 471. The van der Waals surface area contributed by atoms with Gasteiger partial charge >= 0.3 is 0 Å². The molecule has 0 spiro atoms. The molecule has 6 heteroatoms. The molecule has 18 heavy (non-hydrogen) atoms. The number of ether oxygens (including phenoxy) is 2. The van der Waals surface area contributed by atoms with Gasteiger partial charge in [-0.05, 0) is 31.5 Å². The van der Waals surface area contributed by atoms with Crippen LogP contribution >= 0.6 is 10.7 Å². The Kier molecular flexibility index (Phi) is 6.08. The highest BCUT2D eigenvalue weighted by Gasteiger charge is 2.09. The van der Waals surface area contributed by atoms with Crippen LogP contribution < -0.4 is 0 Å². The van der Waals surface area contributed by atoms with Crippen molar-refractivity contribution in [3.05, 3.63) is 29.8 Å². The van der Waals surface area contributed by atoms with Gasteiger partial charge in [0.25, 0.3) is 9.05 Å². The number of benzene rings is 1. The molecule has 0 bridgehead atoms. The van der Waals surface area contributed by atoms with Crippen molar-refractivity contribution in [2.75, 3.05) is 13.2 Å². The third-order valence-electron chi connectivity index (χ3n) is 2.13. The van der Waals surface area contributed by atoms with Gasteiger partial charge in [-0.2, -0.15) is 0 Å². The molecule has 1 aromatic rings. The summed E-state index contributed by atoms with van der Waals surface area (Å²) in [5.74, 6) is 0. The predicted octanol–water partition coefficient (Wildman–Crippen LogP) is 2.56. The second-order valence-electron chi connectivity index (χ2n) is 4.06. The van der Waals surface area contributed by atoms with E-state index in [-0.39, 0.29) is 11.0 Å². The molecule has 102 valence electrons. The van der Waals surface area contributed by atoms with E-state index in [9.17, 15) is 8.42 Å². The van der Waals surface area contributed by atoms with Crippen molar-refractivity contribution < 1.29 is 17.9 Å². The van der Waals surface area contributed by atoms with E-state index in [1.54, 1.807) is 12.1 Å². The molecular weight excluding hydrogens is 276 g/mol. The minimum absolute atomic E-state index is 0.0868. The zero-order valence-electron chi connectivity index (χ0n) is 10.4. The Morgan fingerprint density at radius 3 is 2.61 bits per heavy atom. The van der Waals surface area contributed by atoms with E-state index < -0.39 is 9.05 Å². The Balaban J connectivity index is 2.44. The van der Waals surface area contributed by atoms with Gasteiger partial charge in [-0.15, -0.1) is 0 Å². The molecule has 0 aliphatic rings. The molecule has 0 heterocycles. The topological polar surface area (TPSA) is 52.6 Å². The number of hydrogen-bond donors (Lipinski definition) is 0. The summed E-state index contributed by atoms with van der Waals surface area (Å²) < 4.78 is 33.0. The van der Waals surface area contributed by atoms with Crippen LogP contribution in [0.15, 0.2) is 29.2 Å². The van der Waals surface area contributed by atoms with Crippen LogP contribution in [0.1, 0.15) is 19.4 Å². The highest BCUT2D eigenvalue weighted by atomic mass is 35.7. The van der Waals surface area contributed by atoms with Crippen LogP contribution in [0.4, 0.5) is 0 Å². The first-order chi connectivity index (χ1) is 8.39. The van der Waals surface area contributed by atoms with Crippen LogP contribution in [-0.4, -0.2) is 27.7 Å². The molecule has 0 fully saturated rings. The number of hydrogen-bond acceptors (Lipinski definition) is 4. The van der Waals surface area contributed by atoms with Crippen LogP contribution in [0.2, 0.25) is 0 Å². The standard InChI is InChI=1S/C12H17ClO4S/c1-10(2)17-7-6-16-9-11-4-3-5-12(8-11)18(13,14)15/h3-5,8,10H,6-7,9H2,1-2H3. The van der Waals surface area contributed by atoms with E-state index in [4.69, 9.17) is 20.2 Å². The Morgan fingerprint density at radius 1 is 1.28 bits per heavy atom. The summed E-state index contributed by atoms with van der Waals surface area (Å²) in [6, 6.07) is 6.38. The third kappa shape index (κ3) is 5.82. The van der Waals surface area contributed by atoms with Gasteiger partial charge in [0.2, 0.25) is 0 Å². The fraction of sp³-hybridized carbons (Fsp3) is 0.500. The lowest BCUT2D eigenvalue weighted by atomic mass is 10.2. The van der Waals surface area contributed by atoms with Crippen LogP contribution in [0.5, 0.6) is 0 Å². The van der Waals surface area contributed by atoms with Crippen molar-refractivity contribution in [1.82, 2.24) is 0 Å². The maximum absolute atomic E-state index is 11.1. The van der Waals surface area contributed by atoms with Crippen LogP contribution in [-0.2, 0) is 25.1 Å². The molecule has 0 radical (unpaired) electrons. The van der Waals surface area contributed by atoms with Crippen LogP contribution in [0.25, 0.3) is 0 Å². The van der Waals surface area contributed by atoms with E-state index in [1.165, 1.54) is 12.1 Å². The summed E-state index contributed by atoms with van der Waals surface area (Å²) in [4.78, 5) is 0.0868. The lowest BCUT2D eigenvalue weighted by Crippen LogP contribution is -2.09. The van der Waals surface area contributed by atoms with E-state index in [0.717, 1.165) is 5.56 Å². The minimum Gasteiger partial charge on any atom is -0.376 e. The first-order valence-electron chi connectivity index (χ1n) is 5.62. The lowest BCUT2D eigenvalue weighted by Gasteiger charge is -2.08. The van der Waals surface area contributed by atoms with E-state index >= 15 is 0 Å². The summed E-state index contributed by atoms with van der Waals surface area (Å²) in [5.41, 5.74) is 0.765. The third-order valence-corrected chi connectivity index (χ3v) is 3.48. The lowest BCUT2D eigenvalue weighted by molar-refractivity contribution is 0.0142. The Labute approximate surface area is 112 Å². The van der Waals surface area contributed by atoms with E-state index in [2.05, 4.69) is 0 Å². The van der Waals surface area contributed by atoms with E-state index in [0.29, 0.717) is 19.8 Å². The summed E-state index contributed by atoms with van der Waals surface area (Å²) in [7, 11) is 1.58. The first-order valence-corrected chi connectivity index (χ1v) is 7.93. The molecule has 4 nitrogen and oxygen atoms in total. The van der Waals surface area contributed by atoms with Gasteiger partial charge in [-0.3, -0.25) is 0 Å². The molecule has 0 aliphatic heterocycles. The quantitative estimate of drug-likeness (QED) is 0.572. The van der Waals surface area contributed by atoms with Gasteiger partial charge in [0.05, 0.1) is 30.8 Å². The van der Waals surface area contributed by atoms with E-state index in [1.807, 2.05) is 13.8 Å². The molecule has 0 atom stereocenters. The molecule has 0 saturated carbocycles. The second kappa shape index (κ2) is 7.09. The Hall–Kier alpha value is -0.620. The average molecular weight is 293 g/mol. The molecule has 1 rings (SSSR count). The van der Waals surface area contributed by atoms with Crippen molar-refractivity contribution in [3.63, 3.8) is 0 Å². The summed E-state index contributed by atoms with van der Waals surface area (Å²) >= 11 is 0. The second-order valence-corrected chi connectivity index (χ2v) is 6.62. The summed E-state index contributed by atoms with van der Waals surface area (Å²) in [6.07, 6.45) is 0.179. The normalized spacial score (nSPS) is 12.0. The van der Waals surface area contributed by atoms with Gasteiger partial charge in [0.15, 0.2) is 0 Å². The van der Waals surface area contributed by atoms with Crippen molar-refractivity contribution in [1.29, 1.82) is 0 Å². The summed E-state index contributed by atoms with van der Waals surface area (Å²) in [5, 5.41) is 0. The predicted molar refractivity (Wildman–Crippen MR) is 70.2 cm³/mol. The maximum atomic E-state index is 11.1. The van der Waals surface area contributed by atoms with Crippen molar-refractivity contribution in [3.8, 4) is 0 Å². The summed E-state index contributed by atoms with van der Waals surface area (Å²) in [6.45, 7) is 5.23. The minimum atomic E-state index is -3.68. The van der Waals surface area contributed by atoms with Crippen LogP contribution in [0.3, 0.4) is 0 Å². The fourth-order valence-corrected chi connectivity index (χ4v) is 2.14. The van der Waals surface area contributed by atoms with Gasteiger partial charge in [0, 0.05) is 10.7 Å². The first kappa shape index (κ1) is 15.4. The largest absolute Gasteiger partial charge is 0.376 e. The maximum Gasteiger partial charge on any atom is 0.261 e. The van der Waals surface area contributed by atoms with Gasteiger partial charge in [-0.25, -0.2) is 8.42 Å². The van der Waals surface area contributed by atoms with Gasteiger partial charge < -0.3 is 9.47 Å². The zero-order chi connectivity index (χ0) is 13.6. The van der Waals surface area contributed by atoms with Crippen molar-refractivity contribution in [2.24, 2.45) is 0 Å². The van der Waals surface area contributed by atoms with Gasteiger partial charge in [0.1, 0.15) is 0 Å². The molecule has 0 unspecified atom stereocenters. The fourth-order valence-electron chi connectivity index (χ4n) is 1.32. The van der Waals surface area contributed by atoms with Crippen LogP contribution in [0, 0.1) is 0 Å². The highest BCUT2D eigenvalue weighted by molar-refractivity contribution is 8.13. The number of halogens is 1. The smallest absolute Gasteiger partial charge is 0.261 e. The number of rotatable bonds is 7. The molecule has 0 aliphatic carbocycles. The molecule has 0 amide bonds.